The predicted octanol–water partition coefficient (Wildman–Crippen LogP) is 2.66. The Morgan fingerprint density at radius 2 is 2.03 bits per heavy atom. The SMILES string of the molecule is COCCNC12CCC(Cn3nc(C)c4c3CCN(c3cc(C)nc5c3cnn5C)C4)(CC1)OC2. The number of nitrogens with one attached hydrogen (secondary N) is 1. The summed E-state index contributed by atoms with van der Waals surface area (Å²) < 4.78 is 15.9. The predicted molar refractivity (Wildman–Crippen MR) is 135 cm³/mol. The third-order valence-electron chi connectivity index (χ3n) is 8.50. The van der Waals surface area contributed by atoms with Crippen LogP contribution in [0.4, 0.5) is 5.69 Å². The van der Waals surface area contributed by atoms with Crippen LogP contribution >= 0.6 is 0 Å². The molecule has 0 spiro atoms. The number of aromatic nitrogens is 5. The quantitative estimate of drug-likeness (QED) is 0.522. The fraction of sp³-hybridized carbons (Fsp3) is 0.654. The first-order chi connectivity index (χ1) is 16.9. The van der Waals surface area contributed by atoms with Gasteiger partial charge in [-0.1, -0.05) is 0 Å². The molecule has 0 amide bonds. The van der Waals surface area contributed by atoms with Gasteiger partial charge in [0, 0.05) is 62.7 Å². The topological polar surface area (TPSA) is 82.3 Å². The molecule has 35 heavy (non-hydrogen) atoms. The molecule has 0 radical (unpaired) electrons. The largest absolute Gasteiger partial charge is 0.383 e. The first-order valence-electron chi connectivity index (χ1n) is 12.9. The average Bonchev–Trinajstić information content (AvgIpc) is 3.39. The van der Waals surface area contributed by atoms with E-state index in [9.17, 15) is 0 Å². The lowest BCUT2D eigenvalue weighted by Gasteiger charge is -2.53. The molecular formula is C26H37N7O2. The number of hydrogen-bond acceptors (Lipinski definition) is 7. The lowest BCUT2D eigenvalue weighted by Crippen LogP contribution is -2.63. The van der Waals surface area contributed by atoms with Gasteiger partial charge in [0.1, 0.15) is 0 Å². The second-order valence-corrected chi connectivity index (χ2v) is 10.8. The van der Waals surface area contributed by atoms with E-state index in [-0.39, 0.29) is 11.1 Å². The van der Waals surface area contributed by atoms with Crippen LogP contribution < -0.4 is 10.2 Å². The van der Waals surface area contributed by atoms with Crippen molar-refractivity contribution in [3.63, 3.8) is 0 Å². The zero-order valence-corrected chi connectivity index (χ0v) is 21.4. The number of rotatable bonds is 7. The summed E-state index contributed by atoms with van der Waals surface area (Å²) in [5, 5.41) is 14.3. The van der Waals surface area contributed by atoms with Crippen LogP contribution in [0.3, 0.4) is 0 Å². The molecule has 9 nitrogen and oxygen atoms in total. The Balaban J connectivity index is 1.20. The van der Waals surface area contributed by atoms with Gasteiger partial charge in [-0.05, 0) is 45.6 Å². The minimum atomic E-state index is -0.0852. The summed E-state index contributed by atoms with van der Waals surface area (Å²) in [5.74, 6) is 0. The Labute approximate surface area is 206 Å². The first-order valence-corrected chi connectivity index (χ1v) is 12.9. The summed E-state index contributed by atoms with van der Waals surface area (Å²) >= 11 is 0. The molecule has 0 unspecified atom stereocenters. The van der Waals surface area contributed by atoms with Gasteiger partial charge < -0.3 is 19.7 Å². The van der Waals surface area contributed by atoms with Crippen molar-refractivity contribution in [1.29, 1.82) is 0 Å². The second-order valence-electron chi connectivity index (χ2n) is 10.8. The van der Waals surface area contributed by atoms with Crippen molar-refractivity contribution in [3.05, 3.63) is 34.9 Å². The van der Waals surface area contributed by atoms with E-state index in [0.29, 0.717) is 0 Å². The molecule has 2 saturated heterocycles. The molecule has 1 aliphatic carbocycles. The zero-order valence-electron chi connectivity index (χ0n) is 21.4. The highest BCUT2D eigenvalue weighted by Crippen LogP contribution is 2.45. The van der Waals surface area contributed by atoms with E-state index < -0.39 is 0 Å². The van der Waals surface area contributed by atoms with E-state index in [1.165, 1.54) is 16.9 Å². The number of nitrogens with zero attached hydrogens (tertiary/aromatic N) is 6. The molecule has 3 aliphatic heterocycles. The van der Waals surface area contributed by atoms with Crippen LogP contribution in [0.5, 0.6) is 0 Å². The van der Waals surface area contributed by atoms with Gasteiger partial charge in [0.25, 0.3) is 0 Å². The van der Waals surface area contributed by atoms with E-state index in [1.54, 1.807) is 7.11 Å². The standard InChI is InChI=1S/C26H37N7O2/c1-18-13-23(20-14-28-31(3)24(20)29-18)32-11-5-22-21(15-32)19(2)30-33(22)16-26-8-6-25(7-9-26,17-35-26)27-10-12-34-4/h13-14,27H,5-12,15-17H2,1-4H3. The van der Waals surface area contributed by atoms with Crippen LogP contribution in [0, 0.1) is 13.8 Å². The maximum absolute atomic E-state index is 6.57. The third-order valence-corrected chi connectivity index (χ3v) is 8.50. The fourth-order valence-corrected chi connectivity index (χ4v) is 6.37. The number of anilines is 1. The van der Waals surface area contributed by atoms with Crippen molar-refractivity contribution in [1.82, 2.24) is 29.9 Å². The Morgan fingerprint density at radius 1 is 1.20 bits per heavy atom. The number of ether oxygens (including phenoxy) is 2. The van der Waals surface area contributed by atoms with E-state index in [4.69, 9.17) is 19.6 Å². The third kappa shape index (κ3) is 3.93. The summed E-state index contributed by atoms with van der Waals surface area (Å²) in [6, 6.07) is 2.19. The molecule has 0 aromatic carbocycles. The van der Waals surface area contributed by atoms with Gasteiger partial charge in [-0.15, -0.1) is 0 Å². The van der Waals surface area contributed by atoms with Gasteiger partial charge in [0.15, 0.2) is 5.65 Å². The van der Waals surface area contributed by atoms with Crippen molar-refractivity contribution >= 4 is 16.7 Å². The molecule has 9 heteroatoms. The maximum Gasteiger partial charge on any atom is 0.159 e. The number of aryl methyl sites for hydroxylation is 3. The minimum absolute atomic E-state index is 0.0852. The number of pyridine rings is 1. The Kier molecular flexibility index (Phi) is 5.62. The van der Waals surface area contributed by atoms with Crippen molar-refractivity contribution in [3.8, 4) is 0 Å². The van der Waals surface area contributed by atoms with Crippen molar-refractivity contribution in [2.75, 3.05) is 38.3 Å². The Morgan fingerprint density at radius 3 is 2.77 bits per heavy atom. The molecule has 2 bridgehead atoms. The smallest absolute Gasteiger partial charge is 0.159 e. The molecule has 1 N–H and O–H groups in total. The van der Waals surface area contributed by atoms with Gasteiger partial charge >= 0.3 is 0 Å². The summed E-state index contributed by atoms with van der Waals surface area (Å²) in [4.78, 5) is 7.17. The first kappa shape index (κ1) is 22.9. The zero-order chi connectivity index (χ0) is 24.2. The summed E-state index contributed by atoms with van der Waals surface area (Å²) in [6.07, 6.45) is 7.42. The van der Waals surface area contributed by atoms with Crippen molar-refractivity contribution in [2.24, 2.45) is 7.05 Å². The van der Waals surface area contributed by atoms with Gasteiger partial charge in [0.2, 0.25) is 0 Å². The van der Waals surface area contributed by atoms with Crippen LogP contribution in [0.2, 0.25) is 0 Å². The minimum Gasteiger partial charge on any atom is -0.383 e. The molecule has 0 atom stereocenters. The normalized spacial score (nSPS) is 26.0. The number of hydrogen-bond donors (Lipinski definition) is 1. The average molecular weight is 480 g/mol. The van der Waals surface area contributed by atoms with Crippen LogP contribution in [-0.4, -0.2) is 69.1 Å². The van der Waals surface area contributed by atoms with Crippen LogP contribution in [0.1, 0.15) is 48.3 Å². The van der Waals surface area contributed by atoms with Gasteiger partial charge in [-0.25, -0.2) is 4.98 Å². The van der Waals surface area contributed by atoms with E-state index in [1.807, 2.05) is 17.9 Å². The van der Waals surface area contributed by atoms with Gasteiger partial charge in [0.05, 0.1) is 48.3 Å². The second kappa shape index (κ2) is 8.57. The lowest BCUT2D eigenvalue weighted by molar-refractivity contribution is -0.170. The number of fused-ring (bicyclic) bond motifs is 5. The summed E-state index contributed by atoms with van der Waals surface area (Å²) in [6.45, 7) is 9.33. The Hall–Kier alpha value is -2.49. The van der Waals surface area contributed by atoms with Gasteiger partial charge in [-0.2, -0.15) is 10.2 Å². The van der Waals surface area contributed by atoms with E-state index in [0.717, 1.165) is 93.9 Å². The molecule has 3 aromatic rings. The van der Waals surface area contributed by atoms with Crippen LogP contribution in [-0.2, 0) is 36.0 Å². The Bertz CT molecular complexity index is 1220. The van der Waals surface area contributed by atoms with Crippen LogP contribution in [0.15, 0.2) is 12.3 Å². The van der Waals surface area contributed by atoms with Gasteiger partial charge in [-0.3, -0.25) is 9.36 Å². The molecule has 3 fully saturated rings. The van der Waals surface area contributed by atoms with E-state index >= 15 is 0 Å². The van der Waals surface area contributed by atoms with Crippen LogP contribution in [0.25, 0.3) is 11.0 Å². The van der Waals surface area contributed by atoms with Crippen molar-refractivity contribution in [2.45, 2.75) is 70.2 Å². The summed E-state index contributed by atoms with van der Waals surface area (Å²) in [7, 11) is 3.71. The molecule has 4 aliphatic rings. The molecule has 188 valence electrons. The van der Waals surface area contributed by atoms with E-state index in [2.05, 4.69) is 39.9 Å². The fourth-order valence-electron chi connectivity index (χ4n) is 6.37. The van der Waals surface area contributed by atoms with Crippen molar-refractivity contribution < 1.29 is 9.47 Å². The molecule has 6 heterocycles. The highest BCUT2D eigenvalue weighted by molar-refractivity contribution is 5.89. The lowest BCUT2D eigenvalue weighted by atomic mass is 9.71. The molecule has 1 saturated carbocycles. The summed E-state index contributed by atoms with van der Waals surface area (Å²) in [5.41, 5.74) is 7.10. The molecule has 3 aromatic heterocycles. The monoisotopic (exact) mass is 479 g/mol. The maximum atomic E-state index is 6.57. The molecular weight excluding hydrogens is 442 g/mol. The highest BCUT2D eigenvalue weighted by Gasteiger charge is 2.50. The molecule has 7 rings (SSSR count). The number of methoxy groups -OCH3 is 1. The highest BCUT2D eigenvalue weighted by atomic mass is 16.5.